The highest BCUT2D eigenvalue weighted by molar-refractivity contribution is 5.97. The van der Waals surface area contributed by atoms with Crippen molar-refractivity contribution < 1.29 is 19.1 Å². The molecule has 0 radical (unpaired) electrons. The van der Waals surface area contributed by atoms with E-state index in [-0.39, 0.29) is 0 Å². The van der Waals surface area contributed by atoms with E-state index in [0.29, 0.717) is 43.6 Å². The smallest absolute Gasteiger partial charge is 0.355 e. The lowest BCUT2D eigenvalue weighted by Gasteiger charge is -2.22. The number of nitrogens with zero attached hydrogens (tertiary/aromatic N) is 4. The maximum Gasteiger partial charge on any atom is 0.355 e. The molecule has 0 fully saturated rings. The molecule has 2 aromatic rings. The van der Waals surface area contributed by atoms with Crippen molar-refractivity contribution in [3.63, 3.8) is 0 Å². The van der Waals surface area contributed by atoms with Gasteiger partial charge < -0.3 is 14.0 Å². The van der Waals surface area contributed by atoms with Crippen molar-refractivity contribution in [3.8, 4) is 0 Å². The predicted octanol–water partition coefficient (Wildman–Crippen LogP) is 4.85. The quantitative estimate of drug-likeness (QED) is 0.591. The van der Waals surface area contributed by atoms with Crippen LogP contribution in [0.1, 0.15) is 112 Å². The molecule has 3 rings (SSSR count). The number of aryl methyl sites for hydroxylation is 2. The number of hydrogen-bond donors (Lipinski definition) is 0. The van der Waals surface area contributed by atoms with Gasteiger partial charge in [-0.3, -0.25) is 4.68 Å². The normalized spacial score (nSPS) is 13.6. The Bertz CT molecular complexity index is 1020. The van der Waals surface area contributed by atoms with Gasteiger partial charge in [-0.1, -0.05) is 25.5 Å². The van der Waals surface area contributed by atoms with Gasteiger partial charge in [0.25, 0.3) is 0 Å². The summed E-state index contributed by atoms with van der Waals surface area (Å²) in [5.41, 5.74) is 3.33. The highest BCUT2D eigenvalue weighted by Crippen LogP contribution is 2.32. The second kappa shape index (κ2) is 10.7. The molecular weight excluding hydrogens is 432 g/mol. The van der Waals surface area contributed by atoms with E-state index in [0.717, 1.165) is 22.5 Å². The van der Waals surface area contributed by atoms with Gasteiger partial charge in [0.15, 0.2) is 0 Å². The van der Waals surface area contributed by atoms with Crippen molar-refractivity contribution in [2.45, 2.75) is 112 Å². The molecule has 0 aromatic carbocycles. The van der Waals surface area contributed by atoms with Gasteiger partial charge in [0, 0.05) is 13.6 Å². The van der Waals surface area contributed by atoms with Crippen LogP contribution in [0.5, 0.6) is 0 Å². The Balaban J connectivity index is 0.00000129. The number of carbonyl (C=O) groups excluding carboxylic acids is 2. The summed E-state index contributed by atoms with van der Waals surface area (Å²) in [6.45, 7) is 17.7. The third-order valence-electron chi connectivity index (χ3n) is 5.22. The maximum absolute atomic E-state index is 13.3. The van der Waals surface area contributed by atoms with E-state index >= 15 is 0 Å². The van der Waals surface area contributed by atoms with Crippen molar-refractivity contribution in [3.05, 3.63) is 33.9 Å². The molecule has 0 saturated carbocycles. The number of hydrogen-bond acceptors (Lipinski definition) is 6. The largest absolute Gasteiger partial charge is 0.455 e. The van der Waals surface area contributed by atoms with Crippen LogP contribution in [0.3, 0.4) is 0 Å². The minimum atomic E-state index is -0.640. The number of esters is 2. The minimum Gasteiger partial charge on any atom is -0.455 e. The lowest BCUT2D eigenvalue weighted by Crippen LogP contribution is -2.28. The summed E-state index contributed by atoms with van der Waals surface area (Å²) in [5, 5.41) is 8.45. The van der Waals surface area contributed by atoms with E-state index in [1.165, 1.54) is 6.42 Å². The molecule has 8 nitrogen and oxygen atoms in total. The first kappa shape index (κ1) is 27.6. The Morgan fingerprint density at radius 2 is 1.26 bits per heavy atom. The van der Waals surface area contributed by atoms with Crippen molar-refractivity contribution >= 4 is 11.9 Å². The molecule has 0 bridgehead atoms. The number of ether oxygens (including phenoxy) is 2. The van der Waals surface area contributed by atoms with Gasteiger partial charge in [-0.15, -0.1) is 5.10 Å². The first-order valence-corrected chi connectivity index (χ1v) is 12.3. The molecule has 0 N–H and O–H groups in total. The number of fused-ring (bicyclic) bond motifs is 2. The molecule has 0 aliphatic heterocycles. The molecule has 34 heavy (non-hydrogen) atoms. The van der Waals surface area contributed by atoms with Crippen LogP contribution in [-0.2, 0) is 48.7 Å². The fraction of sp³-hybridized carbons (Fsp3) is 0.692. The third kappa shape index (κ3) is 6.48. The predicted molar refractivity (Wildman–Crippen MR) is 132 cm³/mol. The van der Waals surface area contributed by atoms with Crippen LogP contribution in [0.15, 0.2) is 0 Å². The van der Waals surface area contributed by atoms with Gasteiger partial charge in [-0.05, 0) is 85.3 Å². The van der Waals surface area contributed by atoms with E-state index in [1.807, 2.05) is 55.5 Å². The second-order valence-corrected chi connectivity index (χ2v) is 10.7. The first-order chi connectivity index (χ1) is 15.7. The van der Waals surface area contributed by atoms with Crippen LogP contribution >= 0.6 is 0 Å². The zero-order chi connectivity index (χ0) is 25.8. The summed E-state index contributed by atoms with van der Waals surface area (Å²) in [5.74, 6) is -0.829. The van der Waals surface area contributed by atoms with Gasteiger partial charge in [0.2, 0.25) is 0 Å². The molecule has 8 heteroatoms. The summed E-state index contributed by atoms with van der Waals surface area (Å²) in [7, 11) is 1.88. The number of rotatable bonds is 3. The summed E-state index contributed by atoms with van der Waals surface area (Å²) < 4.78 is 15.0. The zero-order valence-corrected chi connectivity index (χ0v) is 22.7. The van der Waals surface area contributed by atoms with E-state index < -0.39 is 23.1 Å². The van der Waals surface area contributed by atoms with Crippen LogP contribution in [0, 0.1) is 0 Å². The Morgan fingerprint density at radius 3 is 1.68 bits per heavy atom. The summed E-state index contributed by atoms with van der Waals surface area (Å²) in [6, 6.07) is 0. The van der Waals surface area contributed by atoms with Gasteiger partial charge >= 0.3 is 11.9 Å². The molecule has 0 saturated heterocycles. The van der Waals surface area contributed by atoms with Crippen LogP contribution in [-0.4, -0.2) is 42.7 Å². The molecule has 0 amide bonds. The number of carbonyl (C=O) groups is 2. The summed E-state index contributed by atoms with van der Waals surface area (Å²) in [6.07, 6.45) is 3.76. The maximum atomic E-state index is 13.3. The SMILES string of the molecule is CCC.CCn1c(C(=O)OC(C)(C)C)c2c(c1C(=O)OC(C)(C)C)CCc1c(nnn1C)CC2. The lowest BCUT2D eigenvalue weighted by molar-refractivity contribution is 0.00500. The number of aromatic nitrogens is 4. The standard InChI is InChI=1S/C23H34N4O4.C3H8/c1-9-27-18(20(28)30-22(2,3)4)14-10-12-16-17(26(8)25-24-16)13-11-15(14)19(27)21(29)31-23(5,6)7;1-3-2/h9-13H2,1-8H3;3H2,1-2H3. The summed E-state index contributed by atoms with van der Waals surface area (Å²) >= 11 is 0. The van der Waals surface area contributed by atoms with Crippen molar-refractivity contribution in [2.24, 2.45) is 7.05 Å². The van der Waals surface area contributed by atoms with Crippen molar-refractivity contribution in [1.82, 2.24) is 19.6 Å². The van der Waals surface area contributed by atoms with E-state index in [2.05, 4.69) is 24.2 Å². The first-order valence-electron chi connectivity index (χ1n) is 12.3. The topological polar surface area (TPSA) is 88.2 Å². The Labute approximate surface area is 204 Å². The molecule has 2 heterocycles. The molecule has 0 unspecified atom stereocenters. The van der Waals surface area contributed by atoms with Crippen LogP contribution in [0.4, 0.5) is 0 Å². The molecular formula is C26H42N4O4. The van der Waals surface area contributed by atoms with E-state index in [1.54, 1.807) is 9.25 Å². The average molecular weight is 475 g/mol. The minimum absolute atomic E-state index is 0.413. The molecule has 0 spiro atoms. The van der Waals surface area contributed by atoms with Crippen LogP contribution in [0.25, 0.3) is 0 Å². The molecule has 1 aliphatic rings. The van der Waals surface area contributed by atoms with Crippen molar-refractivity contribution in [1.29, 1.82) is 0 Å². The average Bonchev–Trinajstić information content (AvgIpc) is 3.16. The Morgan fingerprint density at radius 1 is 0.824 bits per heavy atom. The van der Waals surface area contributed by atoms with Gasteiger partial charge in [0.1, 0.15) is 22.6 Å². The van der Waals surface area contributed by atoms with Crippen molar-refractivity contribution in [2.75, 3.05) is 0 Å². The highest BCUT2D eigenvalue weighted by Gasteiger charge is 2.35. The molecule has 190 valence electrons. The Kier molecular flexibility index (Phi) is 8.72. The molecule has 1 aliphatic carbocycles. The van der Waals surface area contributed by atoms with Gasteiger partial charge in [-0.25, -0.2) is 9.59 Å². The van der Waals surface area contributed by atoms with Gasteiger partial charge in [0.05, 0.1) is 11.4 Å². The van der Waals surface area contributed by atoms with E-state index in [9.17, 15) is 9.59 Å². The summed E-state index contributed by atoms with van der Waals surface area (Å²) in [4.78, 5) is 26.5. The molecule has 0 atom stereocenters. The monoisotopic (exact) mass is 474 g/mol. The zero-order valence-electron chi connectivity index (χ0n) is 22.7. The fourth-order valence-electron chi connectivity index (χ4n) is 4.10. The Hall–Kier alpha value is -2.64. The second-order valence-electron chi connectivity index (χ2n) is 10.7. The van der Waals surface area contributed by atoms with E-state index in [4.69, 9.17) is 9.47 Å². The van der Waals surface area contributed by atoms with Gasteiger partial charge in [-0.2, -0.15) is 0 Å². The van der Waals surface area contributed by atoms with Crippen LogP contribution in [0.2, 0.25) is 0 Å². The fourth-order valence-corrected chi connectivity index (χ4v) is 4.10. The highest BCUT2D eigenvalue weighted by atomic mass is 16.6. The lowest BCUT2D eigenvalue weighted by atomic mass is 9.93. The molecule has 2 aromatic heterocycles. The third-order valence-corrected chi connectivity index (χ3v) is 5.22. The van der Waals surface area contributed by atoms with Crippen LogP contribution < -0.4 is 0 Å².